The molecule has 5 aliphatic carbocycles. The van der Waals surface area contributed by atoms with Crippen molar-refractivity contribution in [1.82, 2.24) is 0 Å². The van der Waals surface area contributed by atoms with Crippen molar-refractivity contribution in [1.29, 1.82) is 0 Å². The van der Waals surface area contributed by atoms with Gasteiger partial charge in [0.1, 0.15) is 0 Å². The van der Waals surface area contributed by atoms with Gasteiger partial charge in [-0.2, -0.15) is 0 Å². The molecule has 1 amide bonds. The third kappa shape index (κ3) is 2.79. The molecule has 2 atom stereocenters. The molecule has 1 N–H and O–H groups in total. The van der Waals surface area contributed by atoms with E-state index in [4.69, 9.17) is 4.74 Å². The minimum Gasteiger partial charge on any atom is -0.465 e. The first kappa shape index (κ1) is 18.7. The van der Waals surface area contributed by atoms with Gasteiger partial charge < -0.3 is 10.1 Å². The summed E-state index contributed by atoms with van der Waals surface area (Å²) in [6.45, 7) is 4.65. The van der Waals surface area contributed by atoms with Crippen LogP contribution in [0.1, 0.15) is 56.9 Å². The Hall–Kier alpha value is -2.10. The van der Waals surface area contributed by atoms with Crippen molar-refractivity contribution in [3.05, 3.63) is 42.0 Å². The van der Waals surface area contributed by atoms with Crippen LogP contribution in [0, 0.1) is 34.5 Å². The molecular weight excluding hydrogens is 374 g/mol. The lowest BCUT2D eigenvalue weighted by Crippen LogP contribution is -2.51. The topological polar surface area (TPSA) is 55.4 Å². The summed E-state index contributed by atoms with van der Waals surface area (Å²) >= 11 is 0. The van der Waals surface area contributed by atoms with Crippen LogP contribution in [0.15, 0.2) is 36.4 Å². The molecule has 7 rings (SSSR count). The van der Waals surface area contributed by atoms with Crippen molar-refractivity contribution < 1.29 is 14.3 Å². The molecule has 4 heteroatoms. The lowest BCUT2D eigenvalue weighted by Gasteiger charge is -2.55. The Balaban J connectivity index is 1.16. The summed E-state index contributed by atoms with van der Waals surface area (Å²) in [5.41, 5.74) is 2.61. The predicted molar refractivity (Wildman–Crippen MR) is 115 cm³/mol. The standard InChI is InChI=1S/C26H31NO3/c1-16-6-21-15-30-24(29)26(21,10-16)14-17-2-4-22(5-3-17)27-23(28)25-11-18-7-19(12-25)9-20(8-18)13-25/h2-5,18-21H,1,6-15H2,(H,27,28). The van der Waals surface area contributed by atoms with E-state index in [-0.39, 0.29) is 23.2 Å². The largest absolute Gasteiger partial charge is 0.465 e. The molecule has 1 aromatic carbocycles. The number of hydrogen-bond donors (Lipinski definition) is 1. The second-order valence-corrected chi connectivity index (χ2v) is 11.1. The number of fused-ring (bicyclic) bond motifs is 1. The Morgan fingerprint density at radius 3 is 2.33 bits per heavy atom. The molecule has 0 radical (unpaired) electrons. The maximum absolute atomic E-state index is 13.3. The Morgan fingerprint density at radius 1 is 1.07 bits per heavy atom. The van der Waals surface area contributed by atoms with Crippen LogP contribution in [0.2, 0.25) is 0 Å². The van der Waals surface area contributed by atoms with Crippen molar-refractivity contribution in [2.75, 3.05) is 11.9 Å². The zero-order valence-corrected chi connectivity index (χ0v) is 17.6. The first-order valence-corrected chi connectivity index (χ1v) is 11.7. The van der Waals surface area contributed by atoms with E-state index in [1.165, 1.54) is 19.3 Å². The summed E-state index contributed by atoms with van der Waals surface area (Å²) in [4.78, 5) is 25.8. The van der Waals surface area contributed by atoms with E-state index in [1.807, 2.05) is 12.1 Å². The zero-order valence-electron chi connectivity index (χ0n) is 17.6. The van der Waals surface area contributed by atoms with E-state index in [0.29, 0.717) is 13.0 Å². The highest BCUT2D eigenvalue weighted by Gasteiger charge is 2.56. The lowest BCUT2D eigenvalue weighted by atomic mass is 9.49. The maximum Gasteiger partial charge on any atom is 0.313 e. The molecule has 4 bridgehead atoms. The van der Waals surface area contributed by atoms with Gasteiger partial charge in [0.15, 0.2) is 0 Å². The van der Waals surface area contributed by atoms with Crippen LogP contribution < -0.4 is 5.32 Å². The first-order chi connectivity index (χ1) is 14.4. The maximum atomic E-state index is 13.3. The number of hydrogen-bond acceptors (Lipinski definition) is 3. The number of carbonyl (C=O) groups is 2. The van der Waals surface area contributed by atoms with E-state index >= 15 is 0 Å². The predicted octanol–water partition coefficient (Wildman–Crippen LogP) is 4.89. The van der Waals surface area contributed by atoms with Crippen molar-refractivity contribution >= 4 is 17.6 Å². The fourth-order valence-corrected chi connectivity index (χ4v) is 7.99. The second-order valence-electron chi connectivity index (χ2n) is 11.1. The van der Waals surface area contributed by atoms with Crippen LogP contribution >= 0.6 is 0 Å². The molecule has 0 spiro atoms. The van der Waals surface area contributed by atoms with Crippen LogP contribution in [0.5, 0.6) is 0 Å². The first-order valence-electron chi connectivity index (χ1n) is 11.7. The highest BCUT2D eigenvalue weighted by atomic mass is 16.5. The number of anilines is 1. The van der Waals surface area contributed by atoms with Crippen molar-refractivity contribution in [2.24, 2.45) is 34.5 Å². The van der Waals surface area contributed by atoms with Gasteiger partial charge >= 0.3 is 5.97 Å². The van der Waals surface area contributed by atoms with Gasteiger partial charge in [-0.1, -0.05) is 24.3 Å². The molecule has 1 saturated heterocycles. The Bertz CT molecular complexity index is 881. The molecule has 0 aromatic heterocycles. The molecule has 6 fully saturated rings. The summed E-state index contributed by atoms with van der Waals surface area (Å²) in [5, 5.41) is 3.24. The fraction of sp³-hybridized carbons (Fsp3) is 0.615. The highest BCUT2D eigenvalue weighted by Crippen LogP contribution is 2.60. The third-order valence-electron chi connectivity index (χ3n) is 8.96. The fourth-order valence-electron chi connectivity index (χ4n) is 7.99. The Labute approximate surface area is 178 Å². The average molecular weight is 406 g/mol. The molecule has 2 unspecified atom stereocenters. The van der Waals surface area contributed by atoms with Crippen LogP contribution in [-0.2, 0) is 20.7 Å². The molecule has 5 saturated carbocycles. The van der Waals surface area contributed by atoms with Crippen LogP contribution in [0.3, 0.4) is 0 Å². The normalized spacial score (nSPS) is 41.1. The Kier molecular flexibility index (Phi) is 4.01. The van der Waals surface area contributed by atoms with Gasteiger partial charge in [-0.15, -0.1) is 0 Å². The summed E-state index contributed by atoms with van der Waals surface area (Å²) in [6.07, 6.45) is 9.61. The Morgan fingerprint density at radius 2 is 1.70 bits per heavy atom. The monoisotopic (exact) mass is 405 g/mol. The molecule has 1 aliphatic heterocycles. The number of ether oxygens (including phenoxy) is 1. The van der Waals surface area contributed by atoms with E-state index in [1.54, 1.807) is 0 Å². The molecule has 4 nitrogen and oxygen atoms in total. The second kappa shape index (κ2) is 6.45. The number of nitrogens with one attached hydrogen (secondary N) is 1. The van der Waals surface area contributed by atoms with Crippen LogP contribution in [-0.4, -0.2) is 18.5 Å². The van der Waals surface area contributed by atoms with Crippen LogP contribution in [0.25, 0.3) is 0 Å². The summed E-state index contributed by atoms with van der Waals surface area (Å²) < 4.78 is 5.40. The number of allylic oxidation sites excluding steroid dienone is 1. The molecular formula is C26H31NO3. The van der Waals surface area contributed by atoms with Crippen molar-refractivity contribution in [3.63, 3.8) is 0 Å². The quantitative estimate of drug-likeness (QED) is 0.573. The van der Waals surface area contributed by atoms with Gasteiger partial charge in [0.05, 0.1) is 17.4 Å². The van der Waals surface area contributed by atoms with Gasteiger partial charge in [0, 0.05) is 11.6 Å². The summed E-state index contributed by atoms with van der Waals surface area (Å²) in [5.74, 6) is 2.73. The smallest absolute Gasteiger partial charge is 0.313 e. The van der Waals surface area contributed by atoms with Gasteiger partial charge in [-0.3, -0.25) is 9.59 Å². The van der Waals surface area contributed by atoms with Gasteiger partial charge in [0.2, 0.25) is 5.91 Å². The number of cyclic esters (lactones) is 1. The number of esters is 1. The summed E-state index contributed by atoms with van der Waals surface area (Å²) in [7, 11) is 0. The number of amides is 1. The lowest BCUT2D eigenvalue weighted by molar-refractivity contribution is -0.146. The third-order valence-corrected chi connectivity index (χ3v) is 8.96. The average Bonchev–Trinajstić information content (AvgIpc) is 3.16. The molecule has 1 heterocycles. The molecule has 6 aliphatic rings. The summed E-state index contributed by atoms with van der Waals surface area (Å²) in [6, 6.07) is 8.13. The van der Waals surface area contributed by atoms with Gasteiger partial charge in [-0.05, 0) is 93.2 Å². The number of benzene rings is 1. The minimum atomic E-state index is -0.430. The molecule has 1 aromatic rings. The molecule has 158 valence electrons. The SMILES string of the molecule is C=C1CC2COC(=O)C2(Cc2ccc(NC(=O)C34CC5CC(CC(C5)C3)C4)cc2)C1. The van der Waals surface area contributed by atoms with Crippen molar-refractivity contribution in [3.8, 4) is 0 Å². The van der Waals surface area contributed by atoms with E-state index in [2.05, 4.69) is 24.0 Å². The van der Waals surface area contributed by atoms with E-state index in [9.17, 15) is 9.59 Å². The van der Waals surface area contributed by atoms with E-state index < -0.39 is 5.41 Å². The van der Waals surface area contributed by atoms with Crippen LogP contribution in [0.4, 0.5) is 5.69 Å². The van der Waals surface area contributed by atoms with Crippen molar-refractivity contribution in [2.45, 2.75) is 57.8 Å². The van der Waals surface area contributed by atoms with Gasteiger partial charge in [-0.25, -0.2) is 0 Å². The minimum absolute atomic E-state index is 0.0645. The van der Waals surface area contributed by atoms with Gasteiger partial charge in [0.25, 0.3) is 0 Å². The molecule has 30 heavy (non-hydrogen) atoms. The number of rotatable bonds is 4. The highest BCUT2D eigenvalue weighted by molar-refractivity contribution is 5.95. The number of carbonyl (C=O) groups excluding carboxylic acids is 2. The van der Waals surface area contributed by atoms with E-state index in [0.717, 1.165) is 66.7 Å². The zero-order chi connectivity index (χ0) is 20.5.